The fourth-order valence-electron chi connectivity index (χ4n) is 2.81. The molecule has 3 nitrogen and oxygen atoms in total. The van der Waals surface area contributed by atoms with E-state index in [0.29, 0.717) is 18.6 Å². The molecule has 0 N–H and O–H groups in total. The third-order valence-corrected chi connectivity index (χ3v) is 4.42. The van der Waals surface area contributed by atoms with Crippen LogP contribution in [0.5, 0.6) is 0 Å². The van der Waals surface area contributed by atoms with Crippen LogP contribution in [-0.4, -0.2) is 24.3 Å². The summed E-state index contributed by atoms with van der Waals surface area (Å²) in [6, 6.07) is 0. The molecule has 0 amide bonds. The normalized spacial score (nSPS) is 41.5. The highest BCUT2D eigenvalue weighted by molar-refractivity contribution is 5.77. The van der Waals surface area contributed by atoms with Crippen LogP contribution in [0.4, 0.5) is 0 Å². The third kappa shape index (κ3) is 2.49. The maximum Gasteiger partial charge on any atom is 0.311 e. The average Bonchev–Trinajstić information content (AvgIpc) is 2.95. The molecule has 1 saturated heterocycles. The van der Waals surface area contributed by atoms with Crippen molar-refractivity contribution in [3.05, 3.63) is 0 Å². The minimum absolute atomic E-state index is 0.0343. The topological polar surface area (TPSA) is 38.8 Å². The lowest BCUT2D eigenvalue weighted by atomic mass is 9.71. The van der Waals surface area contributed by atoms with E-state index in [-0.39, 0.29) is 17.0 Å². The van der Waals surface area contributed by atoms with Gasteiger partial charge in [-0.15, -0.1) is 0 Å². The maximum absolute atomic E-state index is 12.2. The molecule has 3 heteroatoms. The molecule has 2 rings (SSSR count). The van der Waals surface area contributed by atoms with Crippen LogP contribution in [0.15, 0.2) is 0 Å². The van der Waals surface area contributed by atoms with Gasteiger partial charge < -0.3 is 9.47 Å². The smallest absolute Gasteiger partial charge is 0.311 e. The van der Waals surface area contributed by atoms with Crippen LogP contribution in [0.25, 0.3) is 0 Å². The number of epoxide rings is 1. The standard InChI is InChI=1S/C14H24O3/c1-5-10(2)8-16-12(15)13(3)7-6-11-14(4,9-13)17-11/h10-11H,5-9H2,1-4H3. The summed E-state index contributed by atoms with van der Waals surface area (Å²) < 4.78 is 11.1. The van der Waals surface area contributed by atoms with Gasteiger partial charge in [0.2, 0.25) is 0 Å². The summed E-state index contributed by atoms with van der Waals surface area (Å²) in [6.07, 6.45) is 4.13. The lowest BCUT2D eigenvalue weighted by molar-refractivity contribution is -0.158. The van der Waals surface area contributed by atoms with Crippen molar-refractivity contribution in [2.75, 3.05) is 6.61 Å². The molecule has 2 aliphatic rings. The Bertz CT molecular complexity index is 315. The first-order valence-electron chi connectivity index (χ1n) is 6.75. The lowest BCUT2D eigenvalue weighted by Gasteiger charge is -2.32. The molecule has 98 valence electrons. The van der Waals surface area contributed by atoms with Crippen LogP contribution >= 0.6 is 0 Å². The molecule has 2 fully saturated rings. The highest BCUT2D eigenvalue weighted by Gasteiger charge is 2.60. The summed E-state index contributed by atoms with van der Waals surface area (Å²) in [6.45, 7) is 8.90. The van der Waals surface area contributed by atoms with Crippen LogP contribution < -0.4 is 0 Å². The number of hydrogen-bond acceptors (Lipinski definition) is 3. The average molecular weight is 240 g/mol. The Morgan fingerprint density at radius 3 is 2.82 bits per heavy atom. The van der Waals surface area contributed by atoms with Gasteiger partial charge in [-0.3, -0.25) is 4.79 Å². The molecular formula is C14H24O3. The van der Waals surface area contributed by atoms with Gasteiger partial charge in [0.15, 0.2) is 0 Å². The Morgan fingerprint density at radius 1 is 1.53 bits per heavy atom. The van der Waals surface area contributed by atoms with Gasteiger partial charge in [-0.1, -0.05) is 20.3 Å². The molecule has 1 heterocycles. The SMILES string of the molecule is CCC(C)COC(=O)C1(C)CCC2OC2(C)C1. The van der Waals surface area contributed by atoms with Crippen LogP contribution in [0.1, 0.15) is 53.4 Å². The Balaban J connectivity index is 1.89. The molecule has 17 heavy (non-hydrogen) atoms. The van der Waals surface area contributed by atoms with E-state index in [1.54, 1.807) is 0 Å². The highest BCUT2D eigenvalue weighted by atomic mass is 16.6. The minimum atomic E-state index is -0.338. The van der Waals surface area contributed by atoms with Crippen LogP contribution in [0.2, 0.25) is 0 Å². The zero-order chi connectivity index (χ0) is 12.7. The summed E-state index contributed by atoms with van der Waals surface area (Å²) in [7, 11) is 0. The van der Waals surface area contributed by atoms with Crippen molar-refractivity contribution >= 4 is 5.97 Å². The summed E-state index contributed by atoms with van der Waals surface area (Å²) in [5.74, 6) is 0.416. The van der Waals surface area contributed by atoms with E-state index in [9.17, 15) is 4.79 Å². The zero-order valence-corrected chi connectivity index (χ0v) is 11.4. The Morgan fingerprint density at radius 2 is 2.24 bits per heavy atom. The van der Waals surface area contributed by atoms with Crippen LogP contribution in [-0.2, 0) is 14.3 Å². The van der Waals surface area contributed by atoms with E-state index in [2.05, 4.69) is 20.8 Å². The largest absolute Gasteiger partial charge is 0.465 e. The van der Waals surface area contributed by atoms with Gasteiger partial charge in [-0.05, 0) is 39.0 Å². The van der Waals surface area contributed by atoms with Gasteiger partial charge in [0, 0.05) is 0 Å². The second-order valence-corrected chi connectivity index (χ2v) is 6.31. The third-order valence-electron chi connectivity index (χ3n) is 4.42. The first kappa shape index (κ1) is 12.9. The first-order chi connectivity index (χ1) is 7.89. The quantitative estimate of drug-likeness (QED) is 0.560. The zero-order valence-electron chi connectivity index (χ0n) is 11.4. The van der Waals surface area contributed by atoms with Crippen LogP contribution in [0.3, 0.4) is 0 Å². The molecule has 1 saturated carbocycles. The molecule has 0 spiro atoms. The van der Waals surface area contributed by atoms with Crippen molar-refractivity contribution < 1.29 is 14.3 Å². The Hall–Kier alpha value is -0.570. The molecule has 1 aliphatic carbocycles. The predicted octanol–water partition coefficient (Wildman–Crippen LogP) is 2.92. The van der Waals surface area contributed by atoms with Crippen molar-refractivity contribution in [1.29, 1.82) is 0 Å². The molecule has 4 atom stereocenters. The number of carbonyl (C=O) groups is 1. The minimum Gasteiger partial charge on any atom is -0.465 e. The van der Waals surface area contributed by atoms with E-state index in [0.717, 1.165) is 25.7 Å². The van der Waals surface area contributed by atoms with Crippen LogP contribution in [0, 0.1) is 11.3 Å². The molecule has 0 bridgehead atoms. The fourth-order valence-corrected chi connectivity index (χ4v) is 2.81. The lowest BCUT2D eigenvalue weighted by Crippen LogP contribution is -2.39. The molecule has 0 radical (unpaired) electrons. The van der Waals surface area contributed by atoms with Crippen molar-refractivity contribution in [2.24, 2.45) is 11.3 Å². The fraction of sp³-hybridized carbons (Fsp3) is 0.929. The monoisotopic (exact) mass is 240 g/mol. The summed E-state index contributed by atoms with van der Waals surface area (Å²) in [5.41, 5.74) is -0.391. The molecule has 0 aromatic carbocycles. The van der Waals surface area contributed by atoms with Gasteiger partial charge in [0.05, 0.1) is 23.7 Å². The molecule has 0 aromatic rings. The maximum atomic E-state index is 12.2. The number of hydrogen-bond donors (Lipinski definition) is 0. The van der Waals surface area contributed by atoms with E-state index in [1.165, 1.54) is 0 Å². The summed E-state index contributed by atoms with van der Waals surface area (Å²) in [5, 5.41) is 0. The number of fused-ring (bicyclic) bond motifs is 1. The van der Waals surface area contributed by atoms with Gasteiger partial charge >= 0.3 is 5.97 Å². The van der Waals surface area contributed by atoms with E-state index in [4.69, 9.17) is 9.47 Å². The van der Waals surface area contributed by atoms with Gasteiger partial charge in [0.1, 0.15) is 0 Å². The van der Waals surface area contributed by atoms with Crippen molar-refractivity contribution in [3.8, 4) is 0 Å². The van der Waals surface area contributed by atoms with Gasteiger partial charge in [-0.2, -0.15) is 0 Å². The Kier molecular flexibility index (Phi) is 3.23. The Labute approximate surface area is 104 Å². The number of rotatable bonds is 4. The number of ether oxygens (including phenoxy) is 2. The summed E-state index contributed by atoms with van der Waals surface area (Å²) >= 11 is 0. The molecular weight excluding hydrogens is 216 g/mol. The van der Waals surface area contributed by atoms with E-state index < -0.39 is 0 Å². The second-order valence-electron chi connectivity index (χ2n) is 6.31. The number of esters is 1. The summed E-state index contributed by atoms with van der Waals surface area (Å²) in [4.78, 5) is 12.2. The molecule has 4 unspecified atom stereocenters. The highest BCUT2D eigenvalue weighted by Crippen LogP contribution is 2.54. The molecule has 0 aromatic heterocycles. The van der Waals surface area contributed by atoms with Crippen molar-refractivity contribution in [3.63, 3.8) is 0 Å². The molecule has 1 aliphatic heterocycles. The van der Waals surface area contributed by atoms with Gasteiger partial charge in [-0.25, -0.2) is 0 Å². The first-order valence-corrected chi connectivity index (χ1v) is 6.75. The van der Waals surface area contributed by atoms with Crippen molar-refractivity contribution in [2.45, 2.75) is 65.1 Å². The van der Waals surface area contributed by atoms with Gasteiger partial charge in [0.25, 0.3) is 0 Å². The number of carbonyl (C=O) groups excluding carboxylic acids is 1. The van der Waals surface area contributed by atoms with E-state index in [1.807, 2.05) is 6.92 Å². The predicted molar refractivity (Wildman–Crippen MR) is 65.7 cm³/mol. The van der Waals surface area contributed by atoms with E-state index >= 15 is 0 Å². The van der Waals surface area contributed by atoms with Crippen molar-refractivity contribution in [1.82, 2.24) is 0 Å². The second kappa shape index (κ2) is 4.27.